The molecule has 0 bridgehead atoms. The lowest BCUT2D eigenvalue weighted by atomic mass is 9.80. The molecular formula is C27H33BrN2O4Si. The van der Waals surface area contributed by atoms with Gasteiger partial charge in [-0.2, -0.15) is 0 Å². The lowest BCUT2D eigenvalue weighted by Gasteiger charge is -2.35. The van der Waals surface area contributed by atoms with Crippen LogP contribution < -0.4 is 10.8 Å². The molecule has 2 aromatic rings. The van der Waals surface area contributed by atoms with E-state index in [9.17, 15) is 15.0 Å². The fourth-order valence-corrected chi connectivity index (χ4v) is 8.81. The minimum absolute atomic E-state index is 0.0259. The summed E-state index contributed by atoms with van der Waals surface area (Å²) in [7, 11) is -1.26. The molecule has 1 atom stereocenters. The molecule has 186 valence electrons. The first-order chi connectivity index (χ1) is 16.7. The number of ether oxygens (including phenoxy) is 1. The Kier molecular flexibility index (Phi) is 6.34. The van der Waals surface area contributed by atoms with Crippen LogP contribution in [0.5, 0.6) is 0 Å². The van der Waals surface area contributed by atoms with Crippen molar-refractivity contribution >= 4 is 41.8 Å². The number of cyclic esters (lactones) is 1. The average Bonchev–Trinajstić information content (AvgIpc) is 3.20. The number of imidazole rings is 1. The number of rotatable bonds is 7. The smallest absolute Gasteiger partial charge is 0.342 e. The van der Waals surface area contributed by atoms with E-state index in [2.05, 4.69) is 57.9 Å². The summed E-state index contributed by atoms with van der Waals surface area (Å²) >= 11 is 3.57. The molecule has 0 amide bonds. The molecule has 1 aromatic heterocycles. The van der Waals surface area contributed by atoms with Crippen LogP contribution in [-0.2, 0) is 28.9 Å². The van der Waals surface area contributed by atoms with Gasteiger partial charge in [0.25, 0.3) is 0 Å². The molecule has 0 saturated carbocycles. The highest BCUT2D eigenvalue weighted by Crippen LogP contribution is 2.36. The monoisotopic (exact) mass is 556 g/mol. The highest BCUT2D eigenvalue weighted by Gasteiger charge is 2.47. The quantitative estimate of drug-likeness (QED) is 0.265. The first kappa shape index (κ1) is 24.5. The van der Waals surface area contributed by atoms with Crippen LogP contribution in [0.25, 0.3) is 11.8 Å². The number of nitrogens with zero attached hydrogens (tertiary/aromatic N) is 2. The van der Waals surface area contributed by atoms with Crippen molar-refractivity contribution in [1.82, 2.24) is 9.55 Å². The normalized spacial score (nSPS) is 21.1. The van der Waals surface area contributed by atoms with E-state index in [-0.39, 0.29) is 18.8 Å². The predicted octanol–water partition coefficient (Wildman–Crippen LogP) is 3.33. The van der Waals surface area contributed by atoms with Crippen molar-refractivity contribution in [2.24, 2.45) is 0 Å². The number of aliphatic hydroxyl groups excluding tert-OH is 1. The number of aromatic nitrogens is 2. The molecule has 2 aliphatic heterocycles. The zero-order valence-corrected chi connectivity index (χ0v) is 23.2. The fraction of sp³-hybridized carbons (Fsp3) is 0.481. The number of hydrogen-bond acceptors (Lipinski definition) is 5. The third-order valence-electron chi connectivity index (χ3n) is 7.95. The van der Waals surface area contributed by atoms with Crippen molar-refractivity contribution in [1.29, 1.82) is 0 Å². The summed E-state index contributed by atoms with van der Waals surface area (Å²) in [5.74, 6) is -0.581. The van der Waals surface area contributed by atoms with Gasteiger partial charge in [0.05, 0.1) is 12.2 Å². The van der Waals surface area contributed by atoms with E-state index in [0.717, 1.165) is 17.2 Å². The molecule has 2 N–H and O–H groups in total. The predicted molar refractivity (Wildman–Crippen MR) is 143 cm³/mol. The number of benzene rings is 1. The van der Waals surface area contributed by atoms with Crippen molar-refractivity contribution < 1.29 is 19.7 Å². The Hall–Kier alpha value is -2.16. The van der Waals surface area contributed by atoms with Crippen molar-refractivity contribution in [2.45, 2.75) is 69.9 Å². The van der Waals surface area contributed by atoms with Gasteiger partial charge in [0.1, 0.15) is 23.2 Å². The standard InChI is InChI=1S/C27H33BrN2O4Si/c1-4-27(33)21-14-22-24(25(31)20(21)16-34-26(27)32)30-15-19-17(9-12-35(2,3)11-6-10-28)7-5-8-18(19)13-23(30)29-22/h5,7-8,13,31,33H,4,6,9-12,14-16H2,1-3H3/t27-/m0/s1. The second-order valence-electron chi connectivity index (χ2n) is 10.7. The maximum absolute atomic E-state index is 12.4. The van der Waals surface area contributed by atoms with Crippen LogP contribution >= 0.6 is 15.9 Å². The van der Waals surface area contributed by atoms with E-state index in [1.807, 2.05) is 0 Å². The second kappa shape index (κ2) is 9.05. The van der Waals surface area contributed by atoms with Crippen LogP contribution in [0.4, 0.5) is 0 Å². The molecule has 1 aromatic carbocycles. The SMILES string of the molecule is CC[C@@]1(O)C(=O)OCC2=C1Cc1nc3n(c1=C2O)Cc1c(cccc1CC[Si](C)(C)CCCBr)C=3. The Bertz CT molecular complexity index is 1360. The summed E-state index contributed by atoms with van der Waals surface area (Å²) in [5, 5.41) is 24.1. The number of carbonyl (C=O) groups excluding carboxylic acids is 1. The zero-order valence-electron chi connectivity index (χ0n) is 20.7. The van der Waals surface area contributed by atoms with E-state index in [1.54, 1.807) is 6.92 Å². The molecule has 35 heavy (non-hydrogen) atoms. The Labute approximate surface area is 215 Å². The van der Waals surface area contributed by atoms with Gasteiger partial charge in [0.15, 0.2) is 5.60 Å². The van der Waals surface area contributed by atoms with Gasteiger partial charge < -0.3 is 19.5 Å². The number of aryl methyl sites for hydroxylation is 1. The van der Waals surface area contributed by atoms with Gasteiger partial charge in [-0.1, -0.05) is 66.2 Å². The topological polar surface area (TPSA) is 84.6 Å². The summed E-state index contributed by atoms with van der Waals surface area (Å²) < 4.78 is 7.34. The van der Waals surface area contributed by atoms with Crippen molar-refractivity contribution in [3.8, 4) is 0 Å². The number of halogens is 1. The maximum atomic E-state index is 12.4. The zero-order chi connectivity index (χ0) is 25.0. The van der Waals surface area contributed by atoms with Gasteiger partial charge in [0.2, 0.25) is 0 Å². The highest BCUT2D eigenvalue weighted by molar-refractivity contribution is 9.09. The fourth-order valence-electron chi connectivity index (χ4n) is 5.69. The van der Waals surface area contributed by atoms with Gasteiger partial charge in [0, 0.05) is 25.4 Å². The number of aliphatic hydroxyl groups is 2. The van der Waals surface area contributed by atoms with E-state index in [4.69, 9.17) is 9.72 Å². The molecule has 3 aliphatic rings. The van der Waals surface area contributed by atoms with Gasteiger partial charge in [-0.25, -0.2) is 9.78 Å². The lowest BCUT2D eigenvalue weighted by Crippen LogP contribution is -2.49. The molecule has 3 heterocycles. The molecule has 0 saturated heterocycles. The molecule has 0 spiro atoms. The first-order valence-electron chi connectivity index (χ1n) is 12.5. The number of carbonyl (C=O) groups is 1. The maximum Gasteiger partial charge on any atom is 0.342 e. The minimum atomic E-state index is -1.71. The largest absolute Gasteiger partial charge is 0.505 e. The van der Waals surface area contributed by atoms with Crippen LogP contribution in [-0.4, -0.2) is 51.3 Å². The molecule has 8 heteroatoms. The third kappa shape index (κ3) is 4.13. The third-order valence-corrected chi connectivity index (χ3v) is 11.8. The first-order valence-corrected chi connectivity index (χ1v) is 17.0. The van der Waals surface area contributed by atoms with Crippen LogP contribution in [0, 0.1) is 0 Å². The summed E-state index contributed by atoms with van der Waals surface area (Å²) in [6, 6.07) is 9.08. The molecule has 0 fully saturated rings. The molecule has 6 nitrogen and oxygen atoms in total. The number of fused-ring (bicyclic) bond motifs is 4. The van der Waals surface area contributed by atoms with Gasteiger partial charge in [-0.3, -0.25) is 0 Å². The Morgan fingerprint density at radius 1 is 1.29 bits per heavy atom. The van der Waals surface area contributed by atoms with Crippen LogP contribution in [0.3, 0.4) is 0 Å². The molecule has 0 radical (unpaired) electrons. The molecule has 0 unspecified atom stereocenters. The minimum Gasteiger partial charge on any atom is -0.505 e. The van der Waals surface area contributed by atoms with Crippen molar-refractivity contribution in [2.75, 3.05) is 11.9 Å². The Morgan fingerprint density at radius 2 is 2.09 bits per heavy atom. The molecular weight excluding hydrogens is 524 g/mol. The highest BCUT2D eigenvalue weighted by atomic mass is 79.9. The molecule has 1 aliphatic carbocycles. The van der Waals surface area contributed by atoms with Crippen molar-refractivity contribution in [3.63, 3.8) is 0 Å². The molecule has 5 rings (SSSR count). The second-order valence-corrected chi connectivity index (χ2v) is 16.8. The van der Waals surface area contributed by atoms with Crippen molar-refractivity contribution in [3.05, 3.63) is 62.6 Å². The van der Waals surface area contributed by atoms with Crippen LogP contribution in [0.2, 0.25) is 25.2 Å². The Balaban J connectivity index is 1.53. The van der Waals surface area contributed by atoms with E-state index >= 15 is 0 Å². The average molecular weight is 558 g/mol. The Morgan fingerprint density at radius 3 is 2.83 bits per heavy atom. The summed E-state index contributed by atoms with van der Waals surface area (Å²) in [5.41, 5.74) is 4.66. The van der Waals surface area contributed by atoms with E-state index in [1.165, 1.54) is 35.2 Å². The number of esters is 1. The van der Waals surface area contributed by atoms with E-state index < -0.39 is 19.6 Å². The van der Waals surface area contributed by atoms with E-state index in [0.29, 0.717) is 35.2 Å². The van der Waals surface area contributed by atoms with Crippen LogP contribution in [0.15, 0.2) is 29.3 Å². The summed E-state index contributed by atoms with van der Waals surface area (Å²) in [4.78, 5) is 17.2. The van der Waals surface area contributed by atoms with Gasteiger partial charge in [-0.15, -0.1) is 0 Å². The number of hydrogen-bond donors (Lipinski definition) is 2. The van der Waals surface area contributed by atoms with Gasteiger partial charge >= 0.3 is 5.97 Å². The lowest BCUT2D eigenvalue weighted by molar-refractivity contribution is -0.163. The number of alkyl halides is 1. The summed E-state index contributed by atoms with van der Waals surface area (Å²) in [6.07, 6.45) is 4.92. The summed E-state index contributed by atoms with van der Waals surface area (Å²) in [6.45, 7) is 7.33. The van der Waals surface area contributed by atoms with Gasteiger partial charge in [-0.05, 0) is 47.6 Å². The van der Waals surface area contributed by atoms with Crippen LogP contribution in [0.1, 0.15) is 42.1 Å².